The van der Waals surface area contributed by atoms with Gasteiger partial charge in [-0.2, -0.15) is 0 Å². The summed E-state index contributed by atoms with van der Waals surface area (Å²) in [4.78, 5) is 12.1. The number of hydrogen-bond acceptors (Lipinski definition) is 3. The zero-order valence-electron chi connectivity index (χ0n) is 14.2. The van der Waals surface area contributed by atoms with Crippen LogP contribution >= 0.6 is 0 Å². The first kappa shape index (κ1) is 18.5. The quantitative estimate of drug-likeness (QED) is 0.625. The molecule has 0 amide bonds. The van der Waals surface area contributed by atoms with E-state index in [1.165, 1.54) is 38.2 Å². The Morgan fingerprint density at radius 2 is 1.76 bits per heavy atom. The van der Waals surface area contributed by atoms with Gasteiger partial charge >= 0.3 is 0 Å². The predicted octanol–water partition coefficient (Wildman–Crippen LogP) is 4.19. The first-order valence-electron chi connectivity index (χ1n) is 9.12. The van der Waals surface area contributed by atoms with Crippen molar-refractivity contribution < 1.29 is 24.8 Å². The van der Waals surface area contributed by atoms with Crippen molar-refractivity contribution in [1.29, 1.82) is 0 Å². The van der Waals surface area contributed by atoms with E-state index in [-0.39, 0.29) is 37.7 Å². The molecule has 25 heavy (non-hydrogen) atoms. The third kappa shape index (κ3) is 3.80. The van der Waals surface area contributed by atoms with Gasteiger partial charge in [0.2, 0.25) is 0 Å². The van der Waals surface area contributed by atoms with E-state index in [4.69, 9.17) is 0 Å². The van der Waals surface area contributed by atoms with Crippen LogP contribution in [-0.4, -0.2) is 15.8 Å². The molecular weight excluding hydrogens is 491 g/mol. The maximum atomic E-state index is 14.5. The second kappa shape index (κ2) is 7.97. The Kier molecular flexibility index (Phi) is 5.91. The van der Waals surface area contributed by atoms with E-state index < -0.39 is 0 Å². The van der Waals surface area contributed by atoms with Gasteiger partial charge in [0, 0.05) is 37.9 Å². The summed E-state index contributed by atoms with van der Waals surface area (Å²) < 4.78 is 16.4. The van der Waals surface area contributed by atoms with Crippen LogP contribution in [0.1, 0.15) is 63.8 Å². The van der Waals surface area contributed by atoms with Crippen molar-refractivity contribution >= 4 is 16.6 Å². The Morgan fingerprint density at radius 1 is 1.08 bits per heavy atom. The summed E-state index contributed by atoms with van der Waals surface area (Å²) in [6, 6.07) is 3.74. The molecule has 4 rings (SSSR count). The fourth-order valence-corrected chi connectivity index (χ4v) is 4.15. The summed E-state index contributed by atoms with van der Waals surface area (Å²) >= 11 is 0. The number of fused-ring (bicyclic) bond motifs is 1. The van der Waals surface area contributed by atoms with Crippen molar-refractivity contribution in [3.8, 4) is 0 Å². The standard InChI is InChI=1S/C19H23FN3O.Re/c20-16-10-15-18(11-17(16)22-13-6-2-1-3-7-13)23(21-12-19(15)24)14-8-4-5-9-14;/h10-11,13-14,22H,1-9H2;/q-1;. The molecule has 2 aliphatic carbocycles. The summed E-state index contributed by atoms with van der Waals surface area (Å²) in [5.74, 6) is -0.359. The molecule has 0 atom stereocenters. The molecule has 4 nitrogen and oxygen atoms in total. The van der Waals surface area contributed by atoms with Gasteiger partial charge in [0.1, 0.15) is 5.82 Å². The second-order valence-corrected chi connectivity index (χ2v) is 7.15. The Labute approximate surface area is 160 Å². The molecule has 0 unspecified atom stereocenters. The predicted molar refractivity (Wildman–Crippen MR) is 92.8 cm³/mol. The van der Waals surface area contributed by atoms with Gasteiger partial charge in [-0.3, -0.25) is 9.78 Å². The SMILES string of the molecule is O=c1[c-]nn(C2CCCC2)c2cc(NC3CCCCC3)c(F)cc12.[Re]. The van der Waals surface area contributed by atoms with E-state index in [0.29, 0.717) is 17.1 Å². The molecule has 1 N–H and O–H groups in total. The number of rotatable bonds is 3. The summed E-state index contributed by atoms with van der Waals surface area (Å²) in [6.07, 6.45) is 12.8. The van der Waals surface area contributed by atoms with Crippen molar-refractivity contribution in [3.05, 3.63) is 34.4 Å². The smallest absolute Gasteiger partial charge is 0.129 e. The second-order valence-electron chi connectivity index (χ2n) is 7.15. The monoisotopic (exact) mass is 515 g/mol. The minimum atomic E-state index is -0.359. The number of nitrogens with zero attached hydrogens (tertiary/aromatic N) is 2. The fourth-order valence-electron chi connectivity index (χ4n) is 4.15. The number of hydrogen-bond donors (Lipinski definition) is 1. The van der Waals surface area contributed by atoms with Crippen LogP contribution in [0.2, 0.25) is 0 Å². The molecule has 6 heteroatoms. The van der Waals surface area contributed by atoms with Crippen molar-refractivity contribution in [2.24, 2.45) is 0 Å². The normalized spacial score (nSPS) is 19.1. The van der Waals surface area contributed by atoms with E-state index in [0.717, 1.165) is 31.2 Å². The van der Waals surface area contributed by atoms with Crippen LogP contribution in [0, 0.1) is 12.0 Å². The molecule has 1 aromatic carbocycles. The zero-order valence-corrected chi connectivity index (χ0v) is 16.9. The fraction of sp³-hybridized carbons (Fsp3) is 0.579. The van der Waals surface area contributed by atoms with E-state index in [2.05, 4.69) is 16.6 Å². The Balaban J connectivity index is 0.00000182. The molecule has 2 fully saturated rings. The minimum absolute atomic E-state index is 0. The van der Waals surface area contributed by atoms with E-state index in [1.807, 2.05) is 4.68 Å². The van der Waals surface area contributed by atoms with Crippen LogP contribution in [0.4, 0.5) is 10.1 Å². The minimum Gasteiger partial charge on any atom is -0.380 e. The zero-order chi connectivity index (χ0) is 16.5. The average Bonchev–Trinajstić information content (AvgIpc) is 3.12. The summed E-state index contributed by atoms with van der Waals surface area (Å²) in [6.45, 7) is 0. The Morgan fingerprint density at radius 3 is 2.48 bits per heavy atom. The first-order chi connectivity index (χ1) is 11.7. The summed E-state index contributed by atoms with van der Waals surface area (Å²) in [7, 11) is 0. The van der Waals surface area contributed by atoms with Gasteiger partial charge in [0.05, 0.1) is 5.69 Å². The van der Waals surface area contributed by atoms with Crippen molar-refractivity contribution in [3.63, 3.8) is 0 Å². The third-order valence-corrected chi connectivity index (χ3v) is 5.47. The van der Waals surface area contributed by atoms with Crippen LogP contribution < -0.4 is 10.7 Å². The third-order valence-electron chi connectivity index (χ3n) is 5.47. The van der Waals surface area contributed by atoms with Crippen LogP contribution in [0.15, 0.2) is 16.9 Å². The molecule has 0 bridgehead atoms. The van der Waals surface area contributed by atoms with E-state index in [9.17, 15) is 9.18 Å². The van der Waals surface area contributed by atoms with Gasteiger partial charge in [-0.1, -0.05) is 49.8 Å². The molecule has 0 aliphatic heterocycles. The average molecular weight is 515 g/mol. The van der Waals surface area contributed by atoms with Gasteiger partial charge in [0.15, 0.2) is 0 Å². The molecule has 2 aromatic rings. The first-order valence-corrected chi connectivity index (χ1v) is 9.12. The number of benzene rings is 1. The van der Waals surface area contributed by atoms with Gasteiger partial charge < -0.3 is 10.1 Å². The molecule has 0 spiro atoms. The molecule has 1 aromatic heterocycles. The van der Waals surface area contributed by atoms with Gasteiger partial charge in [-0.15, -0.1) is 0 Å². The van der Waals surface area contributed by atoms with Crippen molar-refractivity contribution in [2.45, 2.75) is 69.9 Å². The van der Waals surface area contributed by atoms with Crippen LogP contribution in [0.25, 0.3) is 10.9 Å². The van der Waals surface area contributed by atoms with Crippen molar-refractivity contribution in [1.82, 2.24) is 9.78 Å². The number of aromatic nitrogens is 2. The Bertz CT molecular complexity index is 795. The van der Waals surface area contributed by atoms with Gasteiger partial charge in [0.25, 0.3) is 0 Å². The molecule has 0 saturated heterocycles. The topological polar surface area (TPSA) is 46.9 Å². The summed E-state index contributed by atoms with van der Waals surface area (Å²) in [5, 5.41) is 7.96. The molecule has 135 valence electrons. The maximum Gasteiger partial charge on any atom is 0.129 e. The van der Waals surface area contributed by atoms with Crippen LogP contribution in [-0.2, 0) is 20.4 Å². The molecule has 1 heterocycles. The van der Waals surface area contributed by atoms with E-state index >= 15 is 0 Å². The van der Waals surface area contributed by atoms with Crippen molar-refractivity contribution in [2.75, 3.05) is 5.32 Å². The molecule has 2 aliphatic rings. The largest absolute Gasteiger partial charge is 0.380 e. The molecule has 2 saturated carbocycles. The molecule has 1 radical (unpaired) electrons. The Hall–Kier alpha value is -1.25. The van der Waals surface area contributed by atoms with Gasteiger partial charge in [-0.25, -0.2) is 4.39 Å². The molecular formula is C19H23FN3ORe-. The van der Waals surface area contributed by atoms with E-state index in [1.54, 1.807) is 6.07 Å². The number of halogens is 1. The number of nitrogens with one attached hydrogen (secondary N) is 1. The summed E-state index contributed by atoms with van der Waals surface area (Å²) in [5.41, 5.74) is 0.890. The van der Waals surface area contributed by atoms with Crippen LogP contribution in [0.5, 0.6) is 0 Å². The van der Waals surface area contributed by atoms with Crippen LogP contribution in [0.3, 0.4) is 0 Å². The van der Waals surface area contributed by atoms with Gasteiger partial charge in [-0.05, 0) is 37.3 Å². The number of anilines is 1. The maximum absolute atomic E-state index is 14.5.